The first-order chi connectivity index (χ1) is 11.4. The second-order valence-corrected chi connectivity index (χ2v) is 6.58. The average Bonchev–Trinajstić information content (AvgIpc) is 2.59. The smallest absolute Gasteiger partial charge is 0.337 e. The Morgan fingerprint density at radius 3 is 2.54 bits per heavy atom. The highest BCUT2D eigenvalue weighted by molar-refractivity contribution is 8.18. The first kappa shape index (κ1) is 16.6. The van der Waals surface area contributed by atoms with E-state index in [4.69, 9.17) is 8.92 Å². The highest BCUT2D eigenvalue weighted by atomic mass is 32.3. The van der Waals surface area contributed by atoms with Crippen LogP contribution in [-0.2, 0) is 11.3 Å². The van der Waals surface area contributed by atoms with Gasteiger partial charge < -0.3 is 13.7 Å². The van der Waals surface area contributed by atoms with Gasteiger partial charge in [-0.05, 0) is 29.8 Å². The van der Waals surface area contributed by atoms with E-state index < -0.39 is 17.0 Å². The van der Waals surface area contributed by atoms with Crippen LogP contribution >= 0.6 is 11.1 Å². The van der Waals surface area contributed by atoms with E-state index in [1.807, 2.05) is 0 Å². The van der Waals surface area contributed by atoms with Gasteiger partial charge in [-0.3, -0.25) is 9.11 Å². The number of carbonyl (C=O) groups excluding carboxylic acids is 1. The van der Waals surface area contributed by atoms with Crippen molar-refractivity contribution in [3.05, 3.63) is 47.5 Å². The van der Waals surface area contributed by atoms with Crippen molar-refractivity contribution in [1.29, 1.82) is 0 Å². The number of methoxy groups -OCH3 is 2. The summed E-state index contributed by atoms with van der Waals surface area (Å²) < 4.78 is 37.4. The van der Waals surface area contributed by atoms with E-state index in [0.29, 0.717) is 22.6 Å². The second kappa shape index (κ2) is 6.33. The molecule has 0 saturated heterocycles. The molecular formula is C16H17NO6S. The molecule has 24 heavy (non-hydrogen) atoms. The fourth-order valence-electron chi connectivity index (χ4n) is 2.44. The van der Waals surface area contributed by atoms with Gasteiger partial charge in [0.2, 0.25) is 11.1 Å². The van der Waals surface area contributed by atoms with Crippen LogP contribution < -0.4 is 13.6 Å². The number of ether oxygens (including phenoxy) is 2. The van der Waals surface area contributed by atoms with E-state index in [1.54, 1.807) is 43.5 Å². The molecule has 0 fully saturated rings. The molecule has 3 N–H and O–H groups in total. The van der Waals surface area contributed by atoms with Crippen LogP contribution in [0.3, 0.4) is 0 Å². The molecule has 1 aliphatic rings. The molecule has 0 unspecified atom stereocenters. The van der Waals surface area contributed by atoms with Gasteiger partial charge in [-0.2, -0.15) is 0 Å². The van der Waals surface area contributed by atoms with Crippen LogP contribution in [0.15, 0.2) is 36.4 Å². The Kier molecular flexibility index (Phi) is 4.37. The molecule has 0 aliphatic carbocycles. The van der Waals surface area contributed by atoms with Crippen LogP contribution in [0.25, 0.3) is 11.1 Å². The van der Waals surface area contributed by atoms with E-state index in [9.17, 15) is 13.9 Å². The van der Waals surface area contributed by atoms with Crippen molar-refractivity contribution in [2.75, 3.05) is 14.2 Å². The van der Waals surface area contributed by atoms with Crippen LogP contribution in [0.4, 0.5) is 0 Å². The molecule has 1 heterocycles. The maximum absolute atomic E-state index is 11.5. The van der Waals surface area contributed by atoms with Crippen LogP contribution in [0.1, 0.15) is 15.9 Å². The number of carbonyl (C=O) groups is 1. The SMILES string of the molecule is COC(=O)c1ccc(-c2cc(OC)cc3c2OS(O)(O)NC3)cc1. The molecule has 128 valence electrons. The van der Waals surface area contributed by atoms with Crippen molar-refractivity contribution < 1.29 is 27.6 Å². The quantitative estimate of drug-likeness (QED) is 0.731. The summed E-state index contributed by atoms with van der Waals surface area (Å²) in [6.45, 7) is 0.238. The highest BCUT2D eigenvalue weighted by Gasteiger charge is 2.29. The first-order valence-electron chi connectivity index (χ1n) is 7.05. The van der Waals surface area contributed by atoms with Gasteiger partial charge in [-0.15, -0.1) is 0 Å². The van der Waals surface area contributed by atoms with E-state index in [2.05, 4.69) is 9.46 Å². The Hall–Kier alpha value is -2.26. The van der Waals surface area contributed by atoms with Crippen molar-refractivity contribution in [1.82, 2.24) is 4.72 Å². The molecule has 0 atom stereocenters. The highest BCUT2D eigenvalue weighted by Crippen LogP contribution is 2.48. The lowest BCUT2D eigenvalue weighted by atomic mass is 9.99. The summed E-state index contributed by atoms with van der Waals surface area (Å²) >= 11 is -3.34. The van der Waals surface area contributed by atoms with Gasteiger partial charge in [0.05, 0.1) is 19.8 Å². The van der Waals surface area contributed by atoms with Crippen LogP contribution in [-0.4, -0.2) is 29.3 Å². The average molecular weight is 351 g/mol. The summed E-state index contributed by atoms with van der Waals surface area (Å²) in [5, 5.41) is 0. The van der Waals surface area contributed by atoms with Crippen LogP contribution in [0.5, 0.6) is 11.5 Å². The Bertz CT molecular complexity index is 775. The predicted molar refractivity (Wildman–Crippen MR) is 90.1 cm³/mol. The topological polar surface area (TPSA) is 97.3 Å². The number of hydrogen-bond donors (Lipinski definition) is 3. The third kappa shape index (κ3) is 3.17. The van der Waals surface area contributed by atoms with Gasteiger partial charge in [0, 0.05) is 17.7 Å². The van der Waals surface area contributed by atoms with Gasteiger partial charge in [0.1, 0.15) is 5.75 Å². The fraction of sp³-hybridized carbons (Fsp3) is 0.188. The monoisotopic (exact) mass is 351 g/mol. The molecule has 0 aromatic heterocycles. The van der Waals surface area contributed by atoms with Gasteiger partial charge >= 0.3 is 5.97 Å². The molecule has 0 spiro atoms. The van der Waals surface area contributed by atoms with Crippen molar-refractivity contribution in [3.63, 3.8) is 0 Å². The van der Waals surface area contributed by atoms with Gasteiger partial charge in [0.15, 0.2) is 5.75 Å². The first-order valence-corrected chi connectivity index (χ1v) is 8.52. The van der Waals surface area contributed by atoms with Gasteiger partial charge in [-0.1, -0.05) is 12.1 Å². The van der Waals surface area contributed by atoms with Crippen molar-refractivity contribution >= 4 is 17.0 Å². The third-order valence-corrected chi connectivity index (χ3v) is 4.56. The molecular weight excluding hydrogens is 334 g/mol. The molecule has 3 rings (SSSR count). The molecule has 1 aliphatic heterocycles. The van der Waals surface area contributed by atoms with Gasteiger partial charge in [-0.25, -0.2) is 9.52 Å². The summed E-state index contributed by atoms with van der Waals surface area (Å²) in [7, 11) is 2.87. The Morgan fingerprint density at radius 2 is 1.92 bits per heavy atom. The molecule has 2 aromatic rings. The zero-order valence-electron chi connectivity index (χ0n) is 13.1. The lowest BCUT2D eigenvalue weighted by Gasteiger charge is -2.34. The molecule has 0 saturated carbocycles. The predicted octanol–water partition coefficient (Wildman–Crippen LogP) is 3.21. The number of hydrogen-bond acceptors (Lipinski definition) is 7. The zero-order chi connectivity index (χ0) is 17.3. The summed E-state index contributed by atoms with van der Waals surface area (Å²) in [6.07, 6.45) is 0. The Labute approximate surface area is 140 Å². The molecule has 7 nitrogen and oxygen atoms in total. The lowest BCUT2D eigenvalue weighted by molar-refractivity contribution is 0.0600. The number of benzene rings is 2. The molecule has 2 aromatic carbocycles. The number of esters is 1. The fourth-order valence-corrected chi connectivity index (χ4v) is 3.27. The molecule has 8 heteroatoms. The van der Waals surface area contributed by atoms with E-state index in [1.165, 1.54) is 7.11 Å². The zero-order valence-corrected chi connectivity index (χ0v) is 13.9. The van der Waals surface area contributed by atoms with Gasteiger partial charge in [0.25, 0.3) is 0 Å². The minimum atomic E-state index is -3.34. The number of fused-ring (bicyclic) bond motifs is 1. The van der Waals surface area contributed by atoms with E-state index in [0.717, 1.165) is 11.1 Å². The maximum atomic E-state index is 11.5. The summed E-state index contributed by atoms with van der Waals surface area (Å²) in [5.41, 5.74) is 2.55. The molecule has 0 amide bonds. The minimum absolute atomic E-state index is 0.238. The summed E-state index contributed by atoms with van der Waals surface area (Å²) in [5.74, 6) is 0.564. The van der Waals surface area contributed by atoms with Crippen molar-refractivity contribution in [2.24, 2.45) is 0 Å². The molecule has 0 bridgehead atoms. The van der Waals surface area contributed by atoms with E-state index in [-0.39, 0.29) is 6.54 Å². The normalized spacial score (nSPS) is 16.5. The van der Waals surface area contributed by atoms with Crippen molar-refractivity contribution in [2.45, 2.75) is 6.54 Å². The second-order valence-electron chi connectivity index (χ2n) is 5.13. The minimum Gasteiger partial charge on any atom is -0.497 e. The summed E-state index contributed by atoms with van der Waals surface area (Å²) in [4.78, 5) is 11.5. The third-order valence-electron chi connectivity index (χ3n) is 3.64. The maximum Gasteiger partial charge on any atom is 0.337 e. The largest absolute Gasteiger partial charge is 0.497 e. The Morgan fingerprint density at radius 1 is 1.21 bits per heavy atom. The van der Waals surface area contributed by atoms with Crippen molar-refractivity contribution in [3.8, 4) is 22.6 Å². The standard InChI is InChI=1S/C16H17NO6S/c1-21-13-7-12-9-17-24(19,20)23-15(12)14(8-13)10-3-5-11(6-4-10)16(18)22-2/h3-8,17,19-20H,9H2,1-2H3. The Balaban J connectivity index is 2.08. The lowest BCUT2D eigenvalue weighted by Crippen LogP contribution is -2.28. The van der Waals surface area contributed by atoms with E-state index >= 15 is 0 Å². The molecule has 0 radical (unpaired) electrons. The van der Waals surface area contributed by atoms with Crippen LogP contribution in [0.2, 0.25) is 0 Å². The number of nitrogens with one attached hydrogen (secondary N) is 1. The number of rotatable bonds is 3. The summed E-state index contributed by atoms with van der Waals surface area (Å²) in [6, 6.07) is 10.2. The van der Waals surface area contributed by atoms with Crippen LogP contribution in [0, 0.1) is 0 Å².